The second-order valence-electron chi connectivity index (χ2n) is 5.55. The molecule has 0 aliphatic carbocycles. The van der Waals surface area contributed by atoms with Gasteiger partial charge in [-0.3, -0.25) is 9.48 Å². The van der Waals surface area contributed by atoms with Crippen molar-refractivity contribution < 1.29 is 4.79 Å². The average Bonchev–Trinajstić information content (AvgIpc) is 3.21. The number of carbonyl (C=O) groups is 1. The Balaban J connectivity index is 1.64. The first-order valence-electron chi connectivity index (χ1n) is 7.71. The van der Waals surface area contributed by atoms with Gasteiger partial charge in [0, 0.05) is 31.3 Å². The molecular weight excluding hydrogens is 306 g/mol. The molecule has 0 saturated heterocycles. The Labute approximate surface area is 139 Å². The molecule has 0 radical (unpaired) electrons. The Bertz CT molecular complexity index is 823. The predicted octanol–water partition coefficient (Wildman–Crippen LogP) is 1.80. The highest BCUT2D eigenvalue weighted by molar-refractivity contribution is 5.92. The lowest BCUT2D eigenvalue weighted by Crippen LogP contribution is -2.13. The second-order valence-corrected chi connectivity index (χ2v) is 5.55. The van der Waals surface area contributed by atoms with Crippen molar-refractivity contribution in [3.05, 3.63) is 42.7 Å². The summed E-state index contributed by atoms with van der Waals surface area (Å²) in [5.41, 5.74) is 2.72. The van der Waals surface area contributed by atoms with Gasteiger partial charge in [0.15, 0.2) is 5.82 Å². The summed E-state index contributed by atoms with van der Waals surface area (Å²) in [5.74, 6) is 0.753. The number of anilines is 1. The molecule has 1 aromatic carbocycles. The smallest absolute Gasteiger partial charge is 0.224 e. The average molecular weight is 325 g/mol. The van der Waals surface area contributed by atoms with Crippen LogP contribution in [-0.4, -0.2) is 35.4 Å². The van der Waals surface area contributed by atoms with Gasteiger partial charge in [-0.15, -0.1) is 10.2 Å². The van der Waals surface area contributed by atoms with Crippen molar-refractivity contribution in [3.8, 4) is 11.4 Å². The van der Waals surface area contributed by atoms with Crippen LogP contribution >= 0.6 is 0 Å². The first-order chi connectivity index (χ1) is 11.6. The van der Waals surface area contributed by atoms with Gasteiger partial charge in [-0.25, -0.2) is 4.98 Å². The second kappa shape index (κ2) is 7.03. The number of hydrogen-bond donors (Lipinski definition) is 1. The molecule has 24 heavy (non-hydrogen) atoms. The van der Waals surface area contributed by atoms with E-state index < -0.39 is 0 Å². The van der Waals surface area contributed by atoms with E-state index in [0.29, 0.717) is 19.4 Å². The number of amides is 1. The fraction of sp³-hybridized carbons (Fsp3) is 0.312. The number of aryl methyl sites for hydroxylation is 2. The van der Waals surface area contributed by atoms with Crippen molar-refractivity contribution in [2.45, 2.75) is 26.3 Å². The highest BCUT2D eigenvalue weighted by Gasteiger charge is 2.12. The number of nitrogens with one attached hydrogen (secondary N) is 1. The van der Waals surface area contributed by atoms with Crippen LogP contribution in [0.4, 0.5) is 5.69 Å². The molecule has 2 aromatic heterocycles. The van der Waals surface area contributed by atoms with Crippen LogP contribution in [0.5, 0.6) is 0 Å². The zero-order valence-electron chi connectivity index (χ0n) is 13.7. The number of carbonyl (C=O) groups excluding carboxylic acids is 1. The van der Waals surface area contributed by atoms with E-state index in [2.05, 4.69) is 25.6 Å². The van der Waals surface area contributed by atoms with E-state index in [1.807, 2.05) is 36.7 Å². The van der Waals surface area contributed by atoms with Gasteiger partial charge in [0.25, 0.3) is 0 Å². The molecule has 1 amide bonds. The summed E-state index contributed by atoms with van der Waals surface area (Å²) in [5, 5.41) is 15.0. The van der Waals surface area contributed by atoms with Crippen molar-refractivity contribution in [1.29, 1.82) is 0 Å². The highest BCUT2D eigenvalue weighted by atomic mass is 16.1. The van der Waals surface area contributed by atoms with Crippen LogP contribution in [0.1, 0.15) is 18.4 Å². The lowest BCUT2D eigenvalue weighted by atomic mass is 10.1. The molecule has 2 heterocycles. The predicted molar refractivity (Wildman–Crippen MR) is 89.1 cm³/mol. The zero-order valence-corrected chi connectivity index (χ0v) is 13.7. The van der Waals surface area contributed by atoms with Gasteiger partial charge in [-0.1, -0.05) is 12.1 Å². The topological polar surface area (TPSA) is 90.5 Å². The minimum Gasteiger partial charge on any atom is -0.326 e. The lowest BCUT2D eigenvalue weighted by Gasteiger charge is -2.12. The SMILES string of the molecule is Cc1c(NC(=O)CCCn2cncn2)cccc1-c1nncn1C. The first kappa shape index (κ1) is 15.9. The Morgan fingerprint density at radius 1 is 1.29 bits per heavy atom. The van der Waals surface area contributed by atoms with Gasteiger partial charge in [0.05, 0.1) is 0 Å². The van der Waals surface area contributed by atoms with Gasteiger partial charge in [-0.2, -0.15) is 5.10 Å². The van der Waals surface area contributed by atoms with E-state index in [0.717, 1.165) is 22.6 Å². The summed E-state index contributed by atoms with van der Waals surface area (Å²) < 4.78 is 3.57. The minimum atomic E-state index is -0.0201. The summed E-state index contributed by atoms with van der Waals surface area (Å²) in [6.07, 6.45) is 5.92. The largest absolute Gasteiger partial charge is 0.326 e. The van der Waals surface area contributed by atoms with Gasteiger partial charge < -0.3 is 9.88 Å². The molecule has 0 spiro atoms. The molecule has 124 valence electrons. The van der Waals surface area contributed by atoms with Crippen LogP contribution in [0, 0.1) is 6.92 Å². The third-order valence-corrected chi connectivity index (χ3v) is 3.82. The van der Waals surface area contributed by atoms with Crippen LogP contribution < -0.4 is 5.32 Å². The van der Waals surface area contributed by atoms with Crippen molar-refractivity contribution in [2.75, 3.05) is 5.32 Å². The van der Waals surface area contributed by atoms with Crippen LogP contribution in [-0.2, 0) is 18.4 Å². The van der Waals surface area contributed by atoms with E-state index in [4.69, 9.17) is 0 Å². The Hall–Kier alpha value is -3.03. The molecule has 3 rings (SSSR count). The molecule has 0 aliphatic rings. The maximum Gasteiger partial charge on any atom is 0.224 e. The highest BCUT2D eigenvalue weighted by Crippen LogP contribution is 2.26. The summed E-state index contributed by atoms with van der Waals surface area (Å²) in [4.78, 5) is 16.0. The molecule has 8 heteroatoms. The fourth-order valence-corrected chi connectivity index (χ4v) is 2.50. The van der Waals surface area contributed by atoms with E-state index in [-0.39, 0.29) is 5.91 Å². The van der Waals surface area contributed by atoms with Crippen LogP contribution in [0.2, 0.25) is 0 Å². The van der Waals surface area contributed by atoms with Crippen molar-refractivity contribution in [1.82, 2.24) is 29.5 Å². The van der Waals surface area contributed by atoms with Crippen LogP contribution in [0.15, 0.2) is 37.2 Å². The lowest BCUT2D eigenvalue weighted by molar-refractivity contribution is -0.116. The van der Waals surface area contributed by atoms with Crippen molar-refractivity contribution in [2.24, 2.45) is 7.05 Å². The van der Waals surface area contributed by atoms with Gasteiger partial charge in [0.2, 0.25) is 5.91 Å². The third kappa shape index (κ3) is 3.48. The Kier molecular flexibility index (Phi) is 4.64. The zero-order chi connectivity index (χ0) is 16.9. The third-order valence-electron chi connectivity index (χ3n) is 3.82. The van der Waals surface area contributed by atoms with E-state index >= 15 is 0 Å². The molecule has 1 N–H and O–H groups in total. The summed E-state index contributed by atoms with van der Waals surface area (Å²) >= 11 is 0. The molecule has 0 fully saturated rings. The molecule has 0 aliphatic heterocycles. The standard InChI is InChI=1S/C16H19N7O/c1-12-13(16-21-18-11-22(16)2)5-3-6-14(12)20-15(24)7-4-8-23-10-17-9-19-23/h3,5-6,9-11H,4,7-8H2,1-2H3,(H,20,24). The molecule has 3 aromatic rings. The molecule has 0 atom stereocenters. The van der Waals surface area contributed by atoms with Crippen molar-refractivity contribution in [3.63, 3.8) is 0 Å². The monoisotopic (exact) mass is 325 g/mol. The van der Waals surface area contributed by atoms with Gasteiger partial charge in [-0.05, 0) is 25.0 Å². The van der Waals surface area contributed by atoms with Crippen molar-refractivity contribution >= 4 is 11.6 Å². The first-order valence-corrected chi connectivity index (χ1v) is 7.71. The minimum absolute atomic E-state index is 0.0201. The number of hydrogen-bond acceptors (Lipinski definition) is 5. The molecular formula is C16H19N7O. The van der Waals surface area contributed by atoms with Gasteiger partial charge >= 0.3 is 0 Å². The van der Waals surface area contributed by atoms with Crippen LogP contribution in [0.3, 0.4) is 0 Å². The fourth-order valence-electron chi connectivity index (χ4n) is 2.50. The number of benzene rings is 1. The Morgan fingerprint density at radius 2 is 2.17 bits per heavy atom. The molecule has 8 nitrogen and oxygen atoms in total. The Morgan fingerprint density at radius 3 is 2.88 bits per heavy atom. The summed E-state index contributed by atoms with van der Waals surface area (Å²) in [7, 11) is 1.89. The van der Waals surface area contributed by atoms with Gasteiger partial charge in [0.1, 0.15) is 19.0 Å². The molecule has 0 unspecified atom stereocenters. The van der Waals surface area contributed by atoms with E-state index in [1.165, 1.54) is 6.33 Å². The van der Waals surface area contributed by atoms with Crippen LogP contribution in [0.25, 0.3) is 11.4 Å². The summed E-state index contributed by atoms with van der Waals surface area (Å²) in [6, 6.07) is 5.77. The molecule has 0 bridgehead atoms. The quantitative estimate of drug-likeness (QED) is 0.746. The van der Waals surface area contributed by atoms with E-state index in [9.17, 15) is 4.79 Å². The van der Waals surface area contributed by atoms with E-state index in [1.54, 1.807) is 17.3 Å². The number of aromatic nitrogens is 6. The normalized spacial score (nSPS) is 10.8. The number of rotatable bonds is 6. The maximum absolute atomic E-state index is 12.2. The maximum atomic E-state index is 12.2. The number of nitrogens with zero attached hydrogens (tertiary/aromatic N) is 6. The molecule has 0 saturated carbocycles. The summed E-state index contributed by atoms with van der Waals surface area (Å²) in [6.45, 7) is 2.64.